The molecule has 0 fully saturated rings. The number of hydrogen-bond donors (Lipinski definition) is 1. The smallest absolute Gasteiger partial charge is 0.349 e. The van der Waals surface area contributed by atoms with Crippen molar-refractivity contribution in [2.45, 2.75) is 33.6 Å². The molecule has 1 heterocycles. The average molecular weight is 403 g/mol. The number of hydrogen-bond acceptors (Lipinski definition) is 4. The first-order valence-electron chi connectivity index (χ1n) is 9.98. The summed E-state index contributed by atoms with van der Waals surface area (Å²) in [6.45, 7) is 6.18. The van der Waals surface area contributed by atoms with Gasteiger partial charge in [0.2, 0.25) is 0 Å². The standard InChI is InChI=1S/C25H25NO4/c1-4-15(2)11-19-12-17(7-10-22(27)18-8-5-16(3)6-9-18)13-20-14-21(24(26)28)25(29)30-23(19)20/h5-10,12-15H,4,11H2,1-3H3,(H2,26,28)/b10-7+. The molecule has 0 aliphatic rings. The van der Waals surface area contributed by atoms with Crippen molar-refractivity contribution in [3.63, 3.8) is 0 Å². The number of benzene rings is 2. The largest absolute Gasteiger partial charge is 0.422 e. The number of fused-ring (bicyclic) bond motifs is 1. The Labute approximate surface area is 175 Å². The Kier molecular flexibility index (Phi) is 6.31. The first kappa shape index (κ1) is 21.2. The summed E-state index contributed by atoms with van der Waals surface area (Å²) >= 11 is 0. The highest BCUT2D eigenvalue weighted by molar-refractivity contribution is 6.07. The number of nitrogens with two attached hydrogens (primary N) is 1. The van der Waals surface area contributed by atoms with Gasteiger partial charge in [0.15, 0.2) is 5.78 Å². The van der Waals surface area contributed by atoms with Gasteiger partial charge in [-0.1, -0.05) is 56.2 Å². The van der Waals surface area contributed by atoms with E-state index in [1.165, 1.54) is 12.1 Å². The number of rotatable bonds is 7. The predicted octanol–water partition coefficient (Wildman–Crippen LogP) is 4.69. The summed E-state index contributed by atoms with van der Waals surface area (Å²) < 4.78 is 5.44. The maximum atomic E-state index is 12.5. The highest BCUT2D eigenvalue weighted by Crippen LogP contribution is 2.25. The van der Waals surface area contributed by atoms with E-state index < -0.39 is 11.5 Å². The number of carbonyl (C=O) groups excluding carboxylic acids is 2. The van der Waals surface area contributed by atoms with Crippen LogP contribution in [0.25, 0.3) is 17.0 Å². The van der Waals surface area contributed by atoms with Crippen LogP contribution in [0.1, 0.15) is 57.7 Å². The van der Waals surface area contributed by atoms with Crippen molar-refractivity contribution < 1.29 is 14.0 Å². The summed E-state index contributed by atoms with van der Waals surface area (Å²) in [7, 11) is 0. The Morgan fingerprint density at radius 1 is 1.13 bits per heavy atom. The van der Waals surface area contributed by atoms with Crippen LogP contribution in [0.5, 0.6) is 0 Å². The van der Waals surface area contributed by atoms with Crippen LogP contribution in [0.4, 0.5) is 0 Å². The molecule has 2 N–H and O–H groups in total. The summed E-state index contributed by atoms with van der Waals surface area (Å²) in [6.07, 6.45) is 4.93. The second-order valence-electron chi connectivity index (χ2n) is 7.69. The molecule has 1 atom stereocenters. The van der Waals surface area contributed by atoms with Gasteiger partial charge in [0.1, 0.15) is 11.1 Å². The lowest BCUT2D eigenvalue weighted by atomic mass is 9.95. The van der Waals surface area contributed by atoms with Crippen molar-refractivity contribution in [1.29, 1.82) is 0 Å². The average Bonchev–Trinajstić information content (AvgIpc) is 2.72. The third kappa shape index (κ3) is 4.74. The van der Waals surface area contributed by atoms with E-state index in [9.17, 15) is 14.4 Å². The molecule has 0 radical (unpaired) electrons. The Balaban J connectivity index is 2.06. The SMILES string of the molecule is CCC(C)Cc1cc(/C=C/C(=O)c2ccc(C)cc2)cc2cc(C(N)=O)c(=O)oc12. The molecule has 1 unspecified atom stereocenters. The summed E-state index contributed by atoms with van der Waals surface area (Å²) in [5.74, 6) is -0.552. The lowest BCUT2D eigenvalue weighted by Gasteiger charge is -2.12. The Hall–Kier alpha value is -3.47. The first-order valence-corrected chi connectivity index (χ1v) is 9.98. The number of allylic oxidation sites excluding steroid dienone is 1. The minimum Gasteiger partial charge on any atom is -0.422 e. The van der Waals surface area contributed by atoms with E-state index in [2.05, 4.69) is 13.8 Å². The molecule has 5 nitrogen and oxygen atoms in total. The summed E-state index contributed by atoms with van der Waals surface area (Å²) in [4.78, 5) is 36.2. The minimum atomic E-state index is -0.829. The van der Waals surface area contributed by atoms with E-state index in [-0.39, 0.29) is 11.3 Å². The fraction of sp³-hybridized carbons (Fsp3) is 0.240. The molecular formula is C25H25NO4. The van der Waals surface area contributed by atoms with Crippen molar-refractivity contribution in [2.24, 2.45) is 11.7 Å². The van der Waals surface area contributed by atoms with Crippen molar-refractivity contribution in [2.75, 3.05) is 0 Å². The molecule has 5 heteroatoms. The molecule has 0 aliphatic heterocycles. The molecule has 0 aliphatic carbocycles. The van der Waals surface area contributed by atoms with Crippen LogP contribution in [-0.4, -0.2) is 11.7 Å². The van der Waals surface area contributed by atoms with Crippen LogP contribution in [0.2, 0.25) is 0 Å². The van der Waals surface area contributed by atoms with Crippen LogP contribution in [0.3, 0.4) is 0 Å². The van der Waals surface area contributed by atoms with E-state index in [4.69, 9.17) is 10.2 Å². The van der Waals surface area contributed by atoms with Crippen LogP contribution in [0, 0.1) is 12.8 Å². The summed E-state index contributed by atoms with van der Waals surface area (Å²) in [5, 5.41) is 0.603. The molecule has 2 aromatic carbocycles. The van der Waals surface area contributed by atoms with Gasteiger partial charge in [-0.15, -0.1) is 0 Å². The number of primary amides is 1. The highest BCUT2D eigenvalue weighted by Gasteiger charge is 2.15. The summed E-state index contributed by atoms with van der Waals surface area (Å²) in [5.41, 5.74) is 8.17. The van der Waals surface area contributed by atoms with Gasteiger partial charge in [-0.05, 0) is 54.7 Å². The van der Waals surface area contributed by atoms with E-state index >= 15 is 0 Å². The maximum absolute atomic E-state index is 12.5. The zero-order valence-electron chi connectivity index (χ0n) is 17.4. The highest BCUT2D eigenvalue weighted by atomic mass is 16.4. The lowest BCUT2D eigenvalue weighted by Crippen LogP contribution is -2.20. The van der Waals surface area contributed by atoms with Gasteiger partial charge in [-0.2, -0.15) is 0 Å². The van der Waals surface area contributed by atoms with Gasteiger partial charge in [0, 0.05) is 10.9 Å². The predicted molar refractivity (Wildman–Crippen MR) is 119 cm³/mol. The fourth-order valence-electron chi connectivity index (χ4n) is 3.26. The Bertz CT molecular complexity index is 1190. The maximum Gasteiger partial charge on any atom is 0.349 e. The molecule has 0 spiro atoms. The van der Waals surface area contributed by atoms with Crippen molar-refractivity contribution in [3.05, 3.63) is 86.8 Å². The monoisotopic (exact) mass is 403 g/mol. The van der Waals surface area contributed by atoms with Crippen LogP contribution in [0.15, 0.2) is 57.8 Å². The van der Waals surface area contributed by atoms with E-state index in [0.717, 1.165) is 23.1 Å². The molecular weight excluding hydrogens is 378 g/mol. The number of aryl methyl sites for hydroxylation is 1. The minimum absolute atomic E-state index is 0.101. The van der Waals surface area contributed by atoms with E-state index in [1.54, 1.807) is 24.3 Å². The third-order valence-electron chi connectivity index (χ3n) is 5.23. The zero-order chi connectivity index (χ0) is 21.8. The number of carbonyl (C=O) groups is 2. The Morgan fingerprint density at radius 3 is 2.47 bits per heavy atom. The fourth-order valence-corrected chi connectivity index (χ4v) is 3.26. The van der Waals surface area contributed by atoms with Crippen LogP contribution < -0.4 is 11.4 Å². The van der Waals surface area contributed by atoms with Gasteiger partial charge in [0.05, 0.1) is 0 Å². The van der Waals surface area contributed by atoms with Gasteiger partial charge in [-0.25, -0.2) is 4.79 Å². The van der Waals surface area contributed by atoms with Crippen molar-refractivity contribution in [3.8, 4) is 0 Å². The zero-order valence-corrected chi connectivity index (χ0v) is 17.4. The van der Waals surface area contributed by atoms with Crippen LogP contribution in [-0.2, 0) is 6.42 Å². The quantitative estimate of drug-likeness (QED) is 0.352. The normalized spacial score (nSPS) is 12.4. The number of amides is 1. The molecule has 154 valence electrons. The lowest BCUT2D eigenvalue weighted by molar-refractivity contribution is 0.0995. The molecule has 0 saturated heterocycles. The molecule has 3 aromatic rings. The number of ketones is 1. The first-order chi connectivity index (χ1) is 14.3. The molecule has 3 rings (SSSR count). The molecule has 1 amide bonds. The molecule has 0 saturated carbocycles. The summed E-state index contributed by atoms with van der Waals surface area (Å²) in [6, 6.07) is 12.5. The van der Waals surface area contributed by atoms with Gasteiger partial charge >= 0.3 is 5.63 Å². The topological polar surface area (TPSA) is 90.4 Å². The van der Waals surface area contributed by atoms with Gasteiger partial charge in [-0.3, -0.25) is 9.59 Å². The van der Waals surface area contributed by atoms with E-state index in [1.807, 2.05) is 25.1 Å². The van der Waals surface area contributed by atoms with Gasteiger partial charge in [0.25, 0.3) is 5.91 Å². The second-order valence-corrected chi connectivity index (χ2v) is 7.69. The molecule has 30 heavy (non-hydrogen) atoms. The van der Waals surface area contributed by atoms with E-state index in [0.29, 0.717) is 28.9 Å². The van der Waals surface area contributed by atoms with Crippen LogP contribution >= 0.6 is 0 Å². The second kappa shape index (κ2) is 8.91. The Morgan fingerprint density at radius 2 is 1.83 bits per heavy atom. The van der Waals surface area contributed by atoms with Gasteiger partial charge < -0.3 is 10.2 Å². The van der Waals surface area contributed by atoms with Crippen molar-refractivity contribution >= 4 is 28.7 Å². The van der Waals surface area contributed by atoms with Crippen molar-refractivity contribution in [1.82, 2.24) is 0 Å². The molecule has 0 bridgehead atoms. The molecule has 1 aromatic heterocycles. The third-order valence-corrected chi connectivity index (χ3v) is 5.23.